The van der Waals surface area contributed by atoms with Crippen LogP contribution in [0.1, 0.15) is 19.8 Å². The minimum atomic E-state index is -0.726. The minimum Gasteiger partial charge on any atom is -0.481 e. The predicted molar refractivity (Wildman–Crippen MR) is 53.2 cm³/mol. The Morgan fingerprint density at radius 2 is 2.07 bits per heavy atom. The number of carbonyl (C=O) groups is 1. The second-order valence-corrected chi connectivity index (χ2v) is 3.89. The summed E-state index contributed by atoms with van der Waals surface area (Å²) in [6.07, 6.45) is 1.92. The number of hydrogen-bond acceptors (Lipinski definition) is 3. The van der Waals surface area contributed by atoms with Gasteiger partial charge in [-0.2, -0.15) is 0 Å². The van der Waals surface area contributed by atoms with E-state index in [1.54, 1.807) is 6.92 Å². The summed E-state index contributed by atoms with van der Waals surface area (Å²) >= 11 is 0. The highest BCUT2D eigenvalue weighted by Crippen LogP contribution is 2.23. The molecule has 0 aromatic rings. The van der Waals surface area contributed by atoms with Crippen molar-refractivity contribution in [1.29, 1.82) is 0 Å². The largest absolute Gasteiger partial charge is 0.481 e. The van der Waals surface area contributed by atoms with E-state index in [9.17, 15) is 4.79 Å². The molecule has 2 atom stereocenters. The van der Waals surface area contributed by atoms with E-state index < -0.39 is 5.97 Å². The first-order valence-electron chi connectivity index (χ1n) is 5.14. The van der Waals surface area contributed by atoms with Crippen LogP contribution in [0.4, 0.5) is 0 Å². The molecule has 4 heteroatoms. The maximum Gasteiger partial charge on any atom is 0.307 e. The molecule has 0 aromatic heterocycles. The van der Waals surface area contributed by atoms with Gasteiger partial charge in [-0.1, -0.05) is 6.92 Å². The van der Waals surface area contributed by atoms with Crippen molar-refractivity contribution < 1.29 is 14.6 Å². The summed E-state index contributed by atoms with van der Waals surface area (Å²) in [7, 11) is 1.83. The van der Waals surface area contributed by atoms with E-state index in [1.807, 2.05) is 7.05 Å². The number of nitrogens with one attached hydrogen (secondary N) is 1. The Labute approximate surface area is 84.6 Å². The molecular formula is C10H19NO3. The topological polar surface area (TPSA) is 58.6 Å². The van der Waals surface area contributed by atoms with Crippen LogP contribution in [0, 0.1) is 11.8 Å². The first-order chi connectivity index (χ1) is 6.66. The molecule has 2 N–H and O–H groups in total. The zero-order valence-electron chi connectivity index (χ0n) is 8.82. The van der Waals surface area contributed by atoms with Crippen LogP contribution in [0.5, 0.6) is 0 Å². The lowest BCUT2D eigenvalue weighted by molar-refractivity contribution is -0.143. The van der Waals surface area contributed by atoms with Gasteiger partial charge >= 0.3 is 5.97 Å². The summed E-state index contributed by atoms with van der Waals surface area (Å²) < 4.78 is 5.26. The average Bonchev–Trinajstić information content (AvgIpc) is 2.20. The molecule has 1 aliphatic heterocycles. The van der Waals surface area contributed by atoms with Crippen LogP contribution >= 0.6 is 0 Å². The zero-order chi connectivity index (χ0) is 10.6. The van der Waals surface area contributed by atoms with E-state index in [4.69, 9.17) is 9.84 Å². The molecule has 82 valence electrons. The lowest BCUT2D eigenvalue weighted by atomic mass is 9.84. The number of aliphatic carboxylic acids is 1. The molecule has 0 aliphatic carbocycles. The van der Waals surface area contributed by atoms with Crippen molar-refractivity contribution in [1.82, 2.24) is 5.32 Å². The Morgan fingerprint density at radius 3 is 2.50 bits per heavy atom. The predicted octanol–water partition coefficient (Wildman–Crippen LogP) is 0.722. The third-order valence-electron chi connectivity index (χ3n) is 3.04. The van der Waals surface area contributed by atoms with Crippen molar-refractivity contribution in [3.8, 4) is 0 Å². The van der Waals surface area contributed by atoms with Gasteiger partial charge in [0.15, 0.2) is 0 Å². The smallest absolute Gasteiger partial charge is 0.307 e. The molecule has 4 nitrogen and oxygen atoms in total. The van der Waals surface area contributed by atoms with Crippen LogP contribution in [-0.2, 0) is 9.53 Å². The molecule has 0 spiro atoms. The summed E-state index contributed by atoms with van der Waals surface area (Å²) in [6, 6.07) is 0.0661. The molecule has 0 saturated carbocycles. The van der Waals surface area contributed by atoms with Gasteiger partial charge < -0.3 is 15.2 Å². The molecule has 14 heavy (non-hydrogen) atoms. The van der Waals surface area contributed by atoms with E-state index in [1.165, 1.54) is 0 Å². The second kappa shape index (κ2) is 5.32. The molecule has 1 aliphatic rings. The van der Waals surface area contributed by atoms with Gasteiger partial charge in [-0.05, 0) is 25.8 Å². The standard InChI is InChI=1S/C10H19NO3/c1-7(10(12)13)9(11-2)8-3-5-14-6-4-8/h7-9,11H,3-6H2,1-2H3,(H,12,13). The Bertz CT molecular complexity index is 190. The first kappa shape index (κ1) is 11.5. The van der Waals surface area contributed by atoms with Gasteiger partial charge in [0.2, 0.25) is 0 Å². The van der Waals surface area contributed by atoms with Gasteiger partial charge in [-0.25, -0.2) is 0 Å². The maximum absolute atomic E-state index is 10.9. The fraction of sp³-hybridized carbons (Fsp3) is 0.900. The SMILES string of the molecule is CNC(C1CCOCC1)C(C)C(=O)O. The number of ether oxygens (including phenoxy) is 1. The zero-order valence-corrected chi connectivity index (χ0v) is 8.82. The van der Waals surface area contributed by atoms with E-state index >= 15 is 0 Å². The summed E-state index contributed by atoms with van der Waals surface area (Å²) in [5.74, 6) is -0.626. The van der Waals surface area contributed by atoms with Crippen LogP contribution in [0.3, 0.4) is 0 Å². The van der Waals surface area contributed by atoms with Crippen LogP contribution < -0.4 is 5.32 Å². The first-order valence-corrected chi connectivity index (χ1v) is 5.14. The number of rotatable bonds is 4. The third-order valence-corrected chi connectivity index (χ3v) is 3.04. The van der Waals surface area contributed by atoms with Crippen molar-refractivity contribution in [3.63, 3.8) is 0 Å². The van der Waals surface area contributed by atoms with Gasteiger partial charge in [-0.3, -0.25) is 4.79 Å². The second-order valence-electron chi connectivity index (χ2n) is 3.89. The van der Waals surface area contributed by atoms with Gasteiger partial charge in [0, 0.05) is 19.3 Å². The number of hydrogen-bond donors (Lipinski definition) is 2. The van der Waals surface area contributed by atoms with Crippen molar-refractivity contribution >= 4 is 5.97 Å². The lowest BCUT2D eigenvalue weighted by Gasteiger charge is -2.32. The molecule has 1 saturated heterocycles. The monoisotopic (exact) mass is 201 g/mol. The Hall–Kier alpha value is -0.610. The average molecular weight is 201 g/mol. The fourth-order valence-electron chi connectivity index (χ4n) is 2.12. The molecule has 0 radical (unpaired) electrons. The molecule has 1 heterocycles. The molecule has 1 rings (SSSR count). The lowest BCUT2D eigenvalue weighted by Crippen LogP contribution is -2.44. The minimum absolute atomic E-state index is 0.0661. The quantitative estimate of drug-likeness (QED) is 0.703. The summed E-state index contributed by atoms with van der Waals surface area (Å²) in [5, 5.41) is 12.1. The molecule has 0 amide bonds. The third kappa shape index (κ3) is 2.69. The van der Waals surface area contributed by atoms with E-state index in [0.29, 0.717) is 5.92 Å². The maximum atomic E-state index is 10.9. The van der Waals surface area contributed by atoms with E-state index in [2.05, 4.69) is 5.32 Å². The Morgan fingerprint density at radius 1 is 1.50 bits per heavy atom. The van der Waals surface area contributed by atoms with Crippen LogP contribution in [0.15, 0.2) is 0 Å². The number of carboxylic acids is 1. The summed E-state index contributed by atoms with van der Waals surface area (Å²) in [4.78, 5) is 10.9. The normalized spacial score (nSPS) is 23.0. The van der Waals surface area contributed by atoms with E-state index in [0.717, 1.165) is 26.1 Å². The van der Waals surface area contributed by atoms with Gasteiger partial charge in [0.25, 0.3) is 0 Å². The van der Waals surface area contributed by atoms with Crippen LogP contribution in [0.2, 0.25) is 0 Å². The highest BCUT2D eigenvalue weighted by molar-refractivity contribution is 5.70. The van der Waals surface area contributed by atoms with Gasteiger partial charge in [0.05, 0.1) is 5.92 Å². The summed E-state index contributed by atoms with van der Waals surface area (Å²) in [5.41, 5.74) is 0. The molecule has 2 unspecified atom stereocenters. The molecule has 0 bridgehead atoms. The van der Waals surface area contributed by atoms with E-state index in [-0.39, 0.29) is 12.0 Å². The highest BCUT2D eigenvalue weighted by atomic mass is 16.5. The van der Waals surface area contributed by atoms with Gasteiger partial charge in [-0.15, -0.1) is 0 Å². The van der Waals surface area contributed by atoms with Crippen molar-refractivity contribution in [2.75, 3.05) is 20.3 Å². The molecular weight excluding hydrogens is 182 g/mol. The van der Waals surface area contributed by atoms with Gasteiger partial charge in [0.1, 0.15) is 0 Å². The highest BCUT2D eigenvalue weighted by Gasteiger charge is 2.30. The van der Waals surface area contributed by atoms with Crippen molar-refractivity contribution in [2.45, 2.75) is 25.8 Å². The Balaban J connectivity index is 2.55. The van der Waals surface area contributed by atoms with Crippen LogP contribution in [-0.4, -0.2) is 37.4 Å². The van der Waals surface area contributed by atoms with Crippen molar-refractivity contribution in [2.24, 2.45) is 11.8 Å². The summed E-state index contributed by atoms with van der Waals surface area (Å²) in [6.45, 7) is 3.28. The van der Waals surface area contributed by atoms with Crippen LogP contribution in [0.25, 0.3) is 0 Å². The number of carboxylic acid groups (broad SMARTS) is 1. The molecule has 0 aromatic carbocycles. The van der Waals surface area contributed by atoms with Crippen molar-refractivity contribution in [3.05, 3.63) is 0 Å². The fourth-order valence-corrected chi connectivity index (χ4v) is 2.12. The molecule has 1 fully saturated rings. The Kier molecular flexibility index (Phi) is 4.35.